The van der Waals surface area contributed by atoms with E-state index in [0.717, 1.165) is 10.0 Å². The summed E-state index contributed by atoms with van der Waals surface area (Å²) in [5.74, 6) is 0.187. The summed E-state index contributed by atoms with van der Waals surface area (Å²) in [4.78, 5) is 16.1. The Morgan fingerprint density at radius 2 is 2.00 bits per heavy atom. The molecule has 0 radical (unpaired) electrons. The standard InChI is InChI=1S/C18H15BrFN3O2/c19-14-6-4-12(5-7-14)11-21-16(24)8-9-17-22-18(23-25-17)13-2-1-3-15(20)10-13/h1-7,10H,8-9,11H2,(H,21,24). The van der Waals surface area contributed by atoms with Crippen molar-refractivity contribution in [2.45, 2.75) is 19.4 Å². The Kier molecular flexibility index (Phi) is 5.55. The average molecular weight is 404 g/mol. The van der Waals surface area contributed by atoms with E-state index in [1.165, 1.54) is 12.1 Å². The van der Waals surface area contributed by atoms with Crippen LogP contribution in [0.1, 0.15) is 17.9 Å². The Morgan fingerprint density at radius 3 is 2.76 bits per heavy atom. The number of nitrogens with one attached hydrogen (secondary N) is 1. The van der Waals surface area contributed by atoms with E-state index in [1.54, 1.807) is 12.1 Å². The molecule has 1 aromatic heterocycles. The van der Waals surface area contributed by atoms with Crippen LogP contribution in [0.15, 0.2) is 57.5 Å². The molecule has 7 heteroatoms. The maximum Gasteiger partial charge on any atom is 0.227 e. The summed E-state index contributed by atoms with van der Waals surface area (Å²) in [7, 11) is 0. The molecule has 2 aromatic carbocycles. The molecular weight excluding hydrogens is 389 g/mol. The lowest BCUT2D eigenvalue weighted by Gasteiger charge is -2.04. The number of hydrogen-bond donors (Lipinski definition) is 1. The topological polar surface area (TPSA) is 68.0 Å². The van der Waals surface area contributed by atoms with Gasteiger partial charge < -0.3 is 9.84 Å². The minimum Gasteiger partial charge on any atom is -0.352 e. The third-order valence-electron chi connectivity index (χ3n) is 3.52. The molecule has 3 rings (SSSR count). The monoisotopic (exact) mass is 403 g/mol. The summed E-state index contributed by atoms with van der Waals surface area (Å²) in [5.41, 5.74) is 1.55. The molecular formula is C18H15BrFN3O2. The fourth-order valence-electron chi connectivity index (χ4n) is 2.21. The van der Waals surface area contributed by atoms with Crippen LogP contribution in [0.5, 0.6) is 0 Å². The third kappa shape index (κ3) is 4.96. The van der Waals surface area contributed by atoms with Crippen LogP contribution in [0.2, 0.25) is 0 Å². The minimum atomic E-state index is -0.365. The predicted octanol–water partition coefficient (Wildman–Crippen LogP) is 3.89. The molecule has 0 aliphatic carbocycles. The number of rotatable bonds is 6. The SMILES string of the molecule is O=C(CCc1nc(-c2cccc(F)c2)no1)NCc1ccc(Br)cc1. The predicted molar refractivity (Wildman–Crippen MR) is 94.0 cm³/mol. The van der Waals surface area contributed by atoms with Gasteiger partial charge in [-0.1, -0.05) is 45.4 Å². The highest BCUT2D eigenvalue weighted by molar-refractivity contribution is 9.10. The molecule has 0 saturated heterocycles. The normalized spacial score (nSPS) is 10.6. The maximum atomic E-state index is 13.2. The van der Waals surface area contributed by atoms with Gasteiger partial charge in [0.2, 0.25) is 17.6 Å². The van der Waals surface area contributed by atoms with E-state index in [9.17, 15) is 9.18 Å². The second-order valence-electron chi connectivity index (χ2n) is 5.43. The highest BCUT2D eigenvalue weighted by atomic mass is 79.9. The van der Waals surface area contributed by atoms with Crippen LogP contribution >= 0.6 is 15.9 Å². The summed E-state index contributed by atoms with van der Waals surface area (Å²) >= 11 is 3.37. The summed E-state index contributed by atoms with van der Waals surface area (Å²) < 4.78 is 19.3. The lowest BCUT2D eigenvalue weighted by Crippen LogP contribution is -2.23. The summed E-state index contributed by atoms with van der Waals surface area (Å²) in [5, 5.41) is 6.66. The largest absolute Gasteiger partial charge is 0.352 e. The van der Waals surface area contributed by atoms with E-state index in [1.807, 2.05) is 24.3 Å². The van der Waals surface area contributed by atoms with Gasteiger partial charge in [-0.05, 0) is 29.8 Å². The van der Waals surface area contributed by atoms with Crippen molar-refractivity contribution in [2.24, 2.45) is 0 Å². The van der Waals surface area contributed by atoms with E-state index in [-0.39, 0.29) is 18.1 Å². The Morgan fingerprint density at radius 1 is 1.20 bits per heavy atom. The molecule has 5 nitrogen and oxygen atoms in total. The van der Waals surface area contributed by atoms with E-state index in [0.29, 0.717) is 30.2 Å². The van der Waals surface area contributed by atoms with Crippen molar-refractivity contribution in [3.63, 3.8) is 0 Å². The van der Waals surface area contributed by atoms with Gasteiger partial charge in [-0.15, -0.1) is 0 Å². The molecule has 1 heterocycles. The second-order valence-corrected chi connectivity index (χ2v) is 6.34. The zero-order valence-electron chi connectivity index (χ0n) is 13.2. The van der Waals surface area contributed by atoms with Crippen LogP contribution < -0.4 is 5.32 Å². The van der Waals surface area contributed by atoms with Gasteiger partial charge in [0.1, 0.15) is 5.82 Å². The molecule has 0 atom stereocenters. The van der Waals surface area contributed by atoms with Gasteiger partial charge in [0.25, 0.3) is 0 Å². The van der Waals surface area contributed by atoms with Gasteiger partial charge in [-0.3, -0.25) is 4.79 Å². The van der Waals surface area contributed by atoms with E-state index < -0.39 is 0 Å². The van der Waals surface area contributed by atoms with E-state index in [2.05, 4.69) is 31.4 Å². The molecule has 0 unspecified atom stereocenters. The van der Waals surface area contributed by atoms with Crippen molar-refractivity contribution < 1.29 is 13.7 Å². The third-order valence-corrected chi connectivity index (χ3v) is 4.05. The number of aryl methyl sites for hydroxylation is 1. The van der Waals surface area contributed by atoms with Crippen LogP contribution in [0.25, 0.3) is 11.4 Å². The van der Waals surface area contributed by atoms with E-state index >= 15 is 0 Å². The second kappa shape index (κ2) is 8.02. The van der Waals surface area contributed by atoms with Crippen LogP contribution in [-0.4, -0.2) is 16.0 Å². The van der Waals surface area contributed by atoms with Crippen LogP contribution in [-0.2, 0) is 17.8 Å². The summed E-state index contributed by atoms with van der Waals surface area (Å²) in [6, 6.07) is 13.7. The zero-order valence-corrected chi connectivity index (χ0v) is 14.8. The van der Waals surface area contributed by atoms with Gasteiger partial charge in [0.05, 0.1) is 0 Å². The number of halogens is 2. The van der Waals surface area contributed by atoms with Crippen molar-refractivity contribution in [1.82, 2.24) is 15.5 Å². The van der Waals surface area contributed by atoms with Crippen molar-refractivity contribution in [3.05, 3.63) is 70.3 Å². The Bertz CT molecular complexity index is 865. The molecule has 25 heavy (non-hydrogen) atoms. The first-order chi connectivity index (χ1) is 12.1. The molecule has 0 fully saturated rings. The first-order valence-corrected chi connectivity index (χ1v) is 8.49. The van der Waals surface area contributed by atoms with Crippen molar-refractivity contribution in [2.75, 3.05) is 0 Å². The first kappa shape index (κ1) is 17.3. The Balaban J connectivity index is 1.50. The van der Waals surface area contributed by atoms with Crippen LogP contribution in [0, 0.1) is 5.82 Å². The number of carbonyl (C=O) groups excluding carboxylic acids is 1. The molecule has 1 N–H and O–H groups in total. The highest BCUT2D eigenvalue weighted by Gasteiger charge is 2.11. The van der Waals surface area contributed by atoms with Crippen molar-refractivity contribution in [3.8, 4) is 11.4 Å². The molecule has 1 amide bonds. The van der Waals surface area contributed by atoms with Gasteiger partial charge in [0.15, 0.2) is 0 Å². The molecule has 0 saturated carbocycles. The number of benzene rings is 2. The van der Waals surface area contributed by atoms with Gasteiger partial charge in [-0.2, -0.15) is 4.98 Å². The molecule has 0 aliphatic heterocycles. The minimum absolute atomic E-state index is 0.103. The van der Waals surface area contributed by atoms with Crippen molar-refractivity contribution in [1.29, 1.82) is 0 Å². The maximum absolute atomic E-state index is 13.2. The molecule has 0 spiro atoms. The number of amides is 1. The fraction of sp³-hybridized carbons (Fsp3) is 0.167. The Hall–Kier alpha value is -2.54. The highest BCUT2D eigenvalue weighted by Crippen LogP contribution is 2.17. The lowest BCUT2D eigenvalue weighted by molar-refractivity contribution is -0.121. The number of nitrogens with zero attached hydrogens (tertiary/aromatic N) is 2. The van der Waals surface area contributed by atoms with Crippen LogP contribution in [0.4, 0.5) is 4.39 Å². The summed E-state index contributed by atoms with van der Waals surface area (Å²) in [6.45, 7) is 0.463. The first-order valence-electron chi connectivity index (χ1n) is 7.70. The van der Waals surface area contributed by atoms with Gasteiger partial charge in [0, 0.05) is 29.4 Å². The van der Waals surface area contributed by atoms with E-state index in [4.69, 9.17) is 4.52 Å². The van der Waals surface area contributed by atoms with Crippen molar-refractivity contribution >= 4 is 21.8 Å². The van der Waals surface area contributed by atoms with Gasteiger partial charge in [-0.25, -0.2) is 4.39 Å². The molecule has 0 aliphatic rings. The fourth-order valence-corrected chi connectivity index (χ4v) is 2.48. The van der Waals surface area contributed by atoms with Crippen LogP contribution in [0.3, 0.4) is 0 Å². The zero-order chi connectivity index (χ0) is 17.6. The number of hydrogen-bond acceptors (Lipinski definition) is 4. The summed E-state index contributed by atoms with van der Waals surface area (Å²) in [6.07, 6.45) is 0.565. The molecule has 0 bridgehead atoms. The number of carbonyl (C=O) groups is 1. The average Bonchev–Trinajstić information content (AvgIpc) is 3.08. The lowest BCUT2D eigenvalue weighted by atomic mass is 10.2. The smallest absolute Gasteiger partial charge is 0.227 e. The Labute approximate surface area is 152 Å². The number of aromatic nitrogens is 2. The molecule has 3 aromatic rings. The quantitative estimate of drug-likeness (QED) is 0.677. The molecule has 128 valence electrons. The van der Waals surface area contributed by atoms with Gasteiger partial charge >= 0.3 is 0 Å².